The maximum Gasteiger partial charge on any atom is 0.251 e. The molecule has 156 valence electrons. The second-order valence-corrected chi connectivity index (χ2v) is 8.45. The molecular weight excluding hydrogens is 394 g/mol. The fraction of sp³-hybridized carbons (Fsp3) is 0.333. The van der Waals surface area contributed by atoms with Crippen LogP contribution >= 0.6 is 11.3 Å². The molecule has 2 heterocycles. The van der Waals surface area contributed by atoms with Gasteiger partial charge in [0, 0.05) is 30.6 Å². The Labute approximate surface area is 181 Å². The molecule has 1 aliphatic heterocycles. The monoisotopic (exact) mass is 421 g/mol. The van der Waals surface area contributed by atoms with Crippen LogP contribution in [0.1, 0.15) is 34.5 Å². The van der Waals surface area contributed by atoms with Crippen LogP contribution in [-0.2, 0) is 13.2 Å². The number of thiazole rings is 1. The summed E-state index contributed by atoms with van der Waals surface area (Å²) >= 11 is 1.54. The molecule has 1 aliphatic rings. The van der Waals surface area contributed by atoms with E-state index in [2.05, 4.69) is 45.5 Å². The fourth-order valence-electron chi connectivity index (χ4n) is 3.84. The molecule has 1 amide bonds. The smallest absolute Gasteiger partial charge is 0.251 e. The summed E-state index contributed by atoms with van der Waals surface area (Å²) in [5, 5.41) is 5.08. The highest BCUT2D eigenvalue weighted by atomic mass is 32.1. The minimum atomic E-state index is -0.0470. The van der Waals surface area contributed by atoms with Crippen molar-refractivity contribution in [3.05, 3.63) is 82.3 Å². The topological polar surface area (TPSA) is 54.5 Å². The number of hydrogen-bond acceptors (Lipinski definition) is 5. The van der Waals surface area contributed by atoms with Crippen LogP contribution in [0, 0.1) is 5.92 Å². The molecule has 1 atom stereocenters. The molecule has 5 nitrogen and oxygen atoms in total. The summed E-state index contributed by atoms with van der Waals surface area (Å²) in [6.45, 7) is 4.23. The number of rotatable bonds is 8. The van der Waals surface area contributed by atoms with Crippen molar-refractivity contribution in [2.45, 2.75) is 26.0 Å². The van der Waals surface area contributed by atoms with Crippen molar-refractivity contribution in [1.82, 2.24) is 15.2 Å². The molecule has 3 aromatic rings. The average Bonchev–Trinajstić information content (AvgIpc) is 3.31. The van der Waals surface area contributed by atoms with E-state index < -0.39 is 0 Å². The third kappa shape index (κ3) is 5.90. The maximum atomic E-state index is 12.7. The number of carbonyl (C=O) groups excluding carboxylic acids is 1. The Morgan fingerprint density at radius 2 is 2.10 bits per heavy atom. The Bertz CT molecular complexity index is 931. The van der Waals surface area contributed by atoms with E-state index in [9.17, 15) is 4.79 Å². The largest absolute Gasteiger partial charge is 0.487 e. The molecule has 6 heteroatoms. The van der Waals surface area contributed by atoms with Gasteiger partial charge in [0.1, 0.15) is 12.4 Å². The Morgan fingerprint density at radius 1 is 1.20 bits per heavy atom. The zero-order valence-electron chi connectivity index (χ0n) is 17.0. The third-order valence-electron chi connectivity index (χ3n) is 5.37. The minimum Gasteiger partial charge on any atom is -0.487 e. The molecule has 0 spiro atoms. The van der Waals surface area contributed by atoms with Crippen LogP contribution in [-0.4, -0.2) is 35.4 Å². The zero-order chi connectivity index (χ0) is 20.6. The Morgan fingerprint density at radius 3 is 2.93 bits per heavy atom. The van der Waals surface area contributed by atoms with Gasteiger partial charge in [-0.15, -0.1) is 11.3 Å². The summed E-state index contributed by atoms with van der Waals surface area (Å²) in [5.41, 5.74) is 4.65. The quantitative estimate of drug-likeness (QED) is 0.587. The molecular formula is C24H27N3O2S. The molecule has 1 N–H and O–H groups in total. The summed E-state index contributed by atoms with van der Waals surface area (Å²) in [5.74, 6) is 1.12. The van der Waals surface area contributed by atoms with Crippen molar-refractivity contribution in [2.24, 2.45) is 5.92 Å². The van der Waals surface area contributed by atoms with Crippen LogP contribution in [0.5, 0.6) is 5.75 Å². The third-order valence-corrected chi connectivity index (χ3v) is 6.01. The fourth-order valence-corrected chi connectivity index (χ4v) is 4.38. The predicted octanol–water partition coefficient (Wildman–Crippen LogP) is 4.36. The van der Waals surface area contributed by atoms with E-state index in [4.69, 9.17) is 4.74 Å². The predicted molar refractivity (Wildman–Crippen MR) is 120 cm³/mol. The standard InChI is InChI=1S/C24H27N3O2S/c28-24(21-9-4-10-23(12-21)29-16-22-17-30-18-26-22)25-13-20-8-5-11-27(15-20)14-19-6-2-1-3-7-19/h1-4,6-7,9-10,12,17-18,20H,5,8,11,13-16H2,(H,25,28). The van der Waals surface area contributed by atoms with E-state index in [0.29, 0.717) is 30.4 Å². The lowest BCUT2D eigenvalue weighted by molar-refractivity contribution is 0.0930. The summed E-state index contributed by atoms with van der Waals surface area (Å²) in [7, 11) is 0. The molecule has 0 aliphatic carbocycles. The van der Waals surface area contributed by atoms with Gasteiger partial charge in [0.15, 0.2) is 0 Å². The van der Waals surface area contributed by atoms with Crippen molar-refractivity contribution < 1.29 is 9.53 Å². The van der Waals surface area contributed by atoms with Crippen LogP contribution in [0.4, 0.5) is 0 Å². The summed E-state index contributed by atoms with van der Waals surface area (Å²) < 4.78 is 5.76. The van der Waals surface area contributed by atoms with Gasteiger partial charge in [0.2, 0.25) is 0 Å². The van der Waals surface area contributed by atoms with Gasteiger partial charge in [-0.1, -0.05) is 36.4 Å². The lowest BCUT2D eigenvalue weighted by atomic mass is 9.97. The van der Waals surface area contributed by atoms with Gasteiger partial charge in [0.25, 0.3) is 5.91 Å². The van der Waals surface area contributed by atoms with E-state index in [1.807, 2.05) is 23.6 Å². The molecule has 1 aromatic heterocycles. The molecule has 30 heavy (non-hydrogen) atoms. The lowest BCUT2D eigenvalue weighted by Gasteiger charge is -2.32. The minimum absolute atomic E-state index is 0.0470. The van der Waals surface area contributed by atoms with Gasteiger partial charge in [-0.3, -0.25) is 9.69 Å². The van der Waals surface area contributed by atoms with Crippen LogP contribution < -0.4 is 10.1 Å². The first-order chi connectivity index (χ1) is 14.8. The van der Waals surface area contributed by atoms with Crippen LogP contribution in [0.3, 0.4) is 0 Å². The SMILES string of the molecule is O=C(NCC1CCCN(Cc2ccccc2)C1)c1cccc(OCc2cscn2)c1. The number of ether oxygens (including phenoxy) is 1. The van der Waals surface area contributed by atoms with Crippen molar-refractivity contribution in [2.75, 3.05) is 19.6 Å². The number of aromatic nitrogens is 1. The number of nitrogens with zero attached hydrogens (tertiary/aromatic N) is 2. The number of benzene rings is 2. The maximum absolute atomic E-state index is 12.7. The molecule has 4 rings (SSSR count). The highest BCUT2D eigenvalue weighted by Gasteiger charge is 2.20. The van der Waals surface area contributed by atoms with Gasteiger partial charge in [-0.2, -0.15) is 0 Å². The molecule has 1 unspecified atom stereocenters. The number of carbonyl (C=O) groups is 1. The van der Waals surface area contributed by atoms with Crippen molar-refractivity contribution in [3.8, 4) is 5.75 Å². The van der Waals surface area contributed by atoms with Crippen molar-refractivity contribution in [1.29, 1.82) is 0 Å². The van der Waals surface area contributed by atoms with E-state index in [1.54, 1.807) is 22.9 Å². The van der Waals surface area contributed by atoms with E-state index >= 15 is 0 Å². The first-order valence-corrected chi connectivity index (χ1v) is 11.3. The molecule has 2 aromatic carbocycles. The molecule has 0 bridgehead atoms. The van der Waals surface area contributed by atoms with Crippen molar-refractivity contribution >= 4 is 17.2 Å². The van der Waals surface area contributed by atoms with Gasteiger partial charge >= 0.3 is 0 Å². The Hall–Kier alpha value is -2.70. The Balaban J connectivity index is 1.26. The highest BCUT2D eigenvalue weighted by molar-refractivity contribution is 7.07. The summed E-state index contributed by atoms with van der Waals surface area (Å²) in [6.07, 6.45) is 2.33. The van der Waals surface area contributed by atoms with Gasteiger partial charge < -0.3 is 10.1 Å². The van der Waals surface area contributed by atoms with Crippen molar-refractivity contribution in [3.63, 3.8) is 0 Å². The second kappa shape index (κ2) is 10.4. The number of amides is 1. The summed E-state index contributed by atoms with van der Waals surface area (Å²) in [6, 6.07) is 17.9. The number of piperidine rings is 1. The molecule has 1 fully saturated rings. The molecule has 1 saturated heterocycles. The van der Waals surface area contributed by atoms with Crippen LogP contribution in [0.15, 0.2) is 65.5 Å². The lowest BCUT2D eigenvalue weighted by Crippen LogP contribution is -2.40. The second-order valence-electron chi connectivity index (χ2n) is 7.74. The first kappa shape index (κ1) is 20.6. The molecule has 0 saturated carbocycles. The van der Waals surface area contributed by atoms with Gasteiger partial charge in [-0.05, 0) is 49.1 Å². The Kier molecular flexibility index (Phi) is 7.11. The normalized spacial score (nSPS) is 16.9. The zero-order valence-corrected chi connectivity index (χ0v) is 17.8. The van der Waals surface area contributed by atoms with Crippen LogP contribution in [0.2, 0.25) is 0 Å². The number of hydrogen-bond donors (Lipinski definition) is 1. The average molecular weight is 422 g/mol. The highest BCUT2D eigenvalue weighted by Crippen LogP contribution is 2.19. The molecule has 0 radical (unpaired) electrons. The van der Waals surface area contributed by atoms with Crippen LogP contribution in [0.25, 0.3) is 0 Å². The van der Waals surface area contributed by atoms with E-state index in [-0.39, 0.29) is 5.91 Å². The van der Waals surface area contributed by atoms with Gasteiger partial charge in [0.05, 0.1) is 11.2 Å². The van der Waals surface area contributed by atoms with Gasteiger partial charge in [-0.25, -0.2) is 4.98 Å². The first-order valence-electron chi connectivity index (χ1n) is 10.4. The summed E-state index contributed by atoms with van der Waals surface area (Å²) in [4.78, 5) is 19.4. The van der Waals surface area contributed by atoms with E-state index in [0.717, 1.165) is 31.7 Å². The van der Waals surface area contributed by atoms with E-state index in [1.165, 1.54) is 12.0 Å². The number of likely N-dealkylation sites (tertiary alicyclic amines) is 1. The number of nitrogens with one attached hydrogen (secondary N) is 1.